The van der Waals surface area contributed by atoms with Gasteiger partial charge in [0.2, 0.25) is 5.91 Å². The summed E-state index contributed by atoms with van der Waals surface area (Å²) in [5.74, 6) is 0.336. The van der Waals surface area contributed by atoms with Crippen molar-refractivity contribution < 1.29 is 14.3 Å². The summed E-state index contributed by atoms with van der Waals surface area (Å²) in [6, 6.07) is 0. The van der Waals surface area contributed by atoms with Crippen molar-refractivity contribution in [1.29, 1.82) is 0 Å². The van der Waals surface area contributed by atoms with Gasteiger partial charge in [0.25, 0.3) is 0 Å². The van der Waals surface area contributed by atoms with Crippen molar-refractivity contribution in [3.05, 3.63) is 0 Å². The zero-order valence-corrected chi connectivity index (χ0v) is 13.5. The maximum atomic E-state index is 11.5. The van der Waals surface area contributed by atoms with Gasteiger partial charge >= 0.3 is 6.09 Å². The smallest absolute Gasteiger partial charge is 0.407 e. The fraction of sp³-hybridized carbons (Fsp3) is 0.867. The quantitative estimate of drug-likeness (QED) is 0.592. The van der Waals surface area contributed by atoms with Gasteiger partial charge in [0.05, 0.1) is 5.92 Å². The molecule has 122 valence electrons. The van der Waals surface area contributed by atoms with Crippen LogP contribution in [0.2, 0.25) is 0 Å². The molecule has 1 heterocycles. The first-order valence-corrected chi connectivity index (χ1v) is 7.84. The third-order valence-electron chi connectivity index (χ3n) is 3.22. The van der Waals surface area contributed by atoms with Gasteiger partial charge in [-0.3, -0.25) is 4.79 Å². The summed E-state index contributed by atoms with van der Waals surface area (Å²) in [4.78, 5) is 22.9. The SMILES string of the molecule is CC(C)(C)OC(=O)NCCCCCCNC(=O)C1CNC1. The first kappa shape index (κ1) is 17.8. The first-order valence-electron chi connectivity index (χ1n) is 7.84. The van der Waals surface area contributed by atoms with E-state index in [0.717, 1.165) is 45.3 Å². The molecule has 21 heavy (non-hydrogen) atoms. The van der Waals surface area contributed by atoms with Crippen LogP contribution in [-0.4, -0.2) is 43.8 Å². The number of rotatable bonds is 8. The minimum Gasteiger partial charge on any atom is -0.444 e. The molecular formula is C15H29N3O3. The van der Waals surface area contributed by atoms with Crippen LogP contribution in [0, 0.1) is 5.92 Å². The zero-order chi connectivity index (χ0) is 15.7. The van der Waals surface area contributed by atoms with Gasteiger partial charge in [-0.25, -0.2) is 4.79 Å². The van der Waals surface area contributed by atoms with Crippen molar-refractivity contribution in [1.82, 2.24) is 16.0 Å². The molecule has 1 aliphatic rings. The Kier molecular flexibility index (Phi) is 7.50. The Hall–Kier alpha value is -1.30. The lowest BCUT2D eigenvalue weighted by atomic mass is 10.0. The van der Waals surface area contributed by atoms with Crippen LogP contribution in [-0.2, 0) is 9.53 Å². The molecule has 0 spiro atoms. The Labute approximate surface area is 127 Å². The number of nitrogens with one attached hydrogen (secondary N) is 3. The molecule has 0 aromatic heterocycles. The lowest BCUT2D eigenvalue weighted by molar-refractivity contribution is -0.126. The van der Waals surface area contributed by atoms with Gasteiger partial charge in [0.1, 0.15) is 5.60 Å². The minimum absolute atomic E-state index is 0.167. The molecule has 0 radical (unpaired) electrons. The van der Waals surface area contributed by atoms with Crippen LogP contribution in [0.25, 0.3) is 0 Å². The molecule has 0 atom stereocenters. The lowest BCUT2D eigenvalue weighted by Gasteiger charge is -2.25. The maximum absolute atomic E-state index is 11.5. The van der Waals surface area contributed by atoms with E-state index in [1.807, 2.05) is 20.8 Å². The standard InChI is InChI=1S/C15H29N3O3/c1-15(2,3)21-14(20)18-9-7-5-4-6-8-17-13(19)12-10-16-11-12/h12,16H,4-11H2,1-3H3,(H,17,19)(H,18,20). The molecule has 0 unspecified atom stereocenters. The minimum atomic E-state index is -0.446. The maximum Gasteiger partial charge on any atom is 0.407 e. The topological polar surface area (TPSA) is 79.5 Å². The van der Waals surface area contributed by atoms with Gasteiger partial charge < -0.3 is 20.7 Å². The molecule has 0 aromatic rings. The van der Waals surface area contributed by atoms with Gasteiger partial charge in [-0.2, -0.15) is 0 Å². The van der Waals surface area contributed by atoms with Crippen molar-refractivity contribution in [2.24, 2.45) is 5.92 Å². The van der Waals surface area contributed by atoms with Crippen molar-refractivity contribution in [3.63, 3.8) is 0 Å². The van der Waals surface area contributed by atoms with Gasteiger partial charge in [-0.1, -0.05) is 12.8 Å². The highest BCUT2D eigenvalue weighted by atomic mass is 16.6. The highest BCUT2D eigenvalue weighted by molar-refractivity contribution is 5.79. The summed E-state index contributed by atoms with van der Waals surface area (Å²) in [6.45, 7) is 8.54. The Bertz CT molecular complexity index is 336. The summed E-state index contributed by atoms with van der Waals surface area (Å²) >= 11 is 0. The van der Waals surface area contributed by atoms with Gasteiger partial charge in [0.15, 0.2) is 0 Å². The number of hydrogen-bond donors (Lipinski definition) is 3. The number of hydrogen-bond acceptors (Lipinski definition) is 4. The second-order valence-electron chi connectivity index (χ2n) is 6.49. The zero-order valence-electron chi connectivity index (χ0n) is 13.5. The highest BCUT2D eigenvalue weighted by Crippen LogP contribution is 2.06. The third kappa shape index (κ3) is 8.55. The normalized spacial score (nSPS) is 15.2. The van der Waals surface area contributed by atoms with Crippen molar-refractivity contribution in [3.8, 4) is 0 Å². The number of unbranched alkanes of at least 4 members (excludes halogenated alkanes) is 3. The van der Waals surface area contributed by atoms with E-state index in [4.69, 9.17) is 4.74 Å². The predicted molar refractivity (Wildman–Crippen MR) is 82.1 cm³/mol. The molecule has 1 aliphatic heterocycles. The number of carbonyl (C=O) groups excluding carboxylic acids is 2. The largest absolute Gasteiger partial charge is 0.444 e. The Morgan fingerprint density at radius 3 is 2.10 bits per heavy atom. The fourth-order valence-electron chi connectivity index (χ4n) is 1.94. The molecule has 1 saturated heterocycles. The Morgan fingerprint density at radius 2 is 1.62 bits per heavy atom. The summed E-state index contributed by atoms with van der Waals surface area (Å²) in [7, 11) is 0. The Balaban J connectivity index is 1.86. The molecule has 3 N–H and O–H groups in total. The number of carbonyl (C=O) groups is 2. The monoisotopic (exact) mass is 299 g/mol. The summed E-state index contributed by atoms with van der Waals surface area (Å²) in [5, 5.41) is 8.78. The fourth-order valence-corrected chi connectivity index (χ4v) is 1.94. The Morgan fingerprint density at radius 1 is 1.05 bits per heavy atom. The molecular weight excluding hydrogens is 270 g/mol. The number of amides is 2. The van der Waals surface area contributed by atoms with E-state index in [2.05, 4.69) is 16.0 Å². The van der Waals surface area contributed by atoms with Crippen molar-refractivity contribution in [2.45, 2.75) is 52.1 Å². The molecule has 1 fully saturated rings. The van der Waals surface area contributed by atoms with Crippen LogP contribution >= 0.6 is 0 Å². The van der Waals surface area contributed by atoms with Crippen LogP contribution in [0.15, 0.2) is 0 Å². The molecule has 0 bridgehead atoms. The predicted octanol–water partition coefficient (Wildman–Crippen LogP) is 1.41. The van der Waals surface area contributed by atoms with Gasteiger partial charge in [-0.05, 0) is 33.6 Å². The van der Waals surface area contributed by atoms with Crippen LogP contribution in [0.5, 0.6) is 0 Å². The van der Waals surface area contributed by atoms with Crippen molar-refractivity contribution >= 4 is 12.0 Å². The third-order valence-corrected chi connectivity index (χ3v) is 3.22. The molecule has 2 amide bonds. The summed E-state index contributed by atoms with van der Waals surface area (Å²) < 4.78 is 5.15. The second-order valence-corrected chi connectivity index (χ2v) is 6.49. The van der Waals surface area contributed by atoms with Crippen LogP contribution < -0.4 is 16.0 Å². The summed E-state index contributed by atoms with van der Waals surface area (Å²) in [5.41, 5.74) is -0.446. The van der Waals surface area contributed by atoms with E-state index < -0.39 is 5.60 Å². The van der Waals surface area contributed by atoms with E-state index in [9.17, 15) is 9.59 Å². The van der Waals surface area contributed by atoms with Gasteiger partial charge in [0, 0.05) is 26.2 Å². The molecule has 0 saturated carbocycles. The lowest BCUT2D eigenvalue weighted by Crippen LogP contribution is -2.50. The highest BCUT2D eigenvalue weighted by Gasteiger charge is 2.23. The molecule has 0 aromatic carbocycles. The van der Waals surface area contributed by atoms with E-state index >= 15 is 0 Å². The molecule has 0 aliphatic carbocycles. The number of alkyl carbamates (subject to hydrolysis) is 1. The van der Waals surface area contributed by atoms with E-state index in [1.165, 1.54) is 0 Å². The van der Waals surface area contributed by atoms with E-state index in [-0.39, 0.29) is 17.9 Å². The first-order chi connectivity index (χ1) is 9.88. The second kappa shape index (κ2) is 8.87. The molecule has 6 nitrogen and oxygen atoms in total. The van der Waals surface area contributed by atoms with Crippen molar-refractivity contribution in [2.75, 3.05) is 26.2 Å². The summed E-state index contributed by atoms with van der Waals surface area (Å²) in [6.07, 6.45) is 3.65. The molecule has 6 heteroatoms. The average molecular weight is 299 g/mol. The van der Waals surface area contributed by atoms with E-state index in [1.54, 1.807) is 0 Å². The average Bonchev–Trinajstić information content (AvgIpc) is 2.27. The van der Waals surface area contributed by atoms with Gasteiger partial charge in [-0.15, -0.1) is 0 Å². The van der Waals surface area contributed by atoms with Crippen LogP contribution in [0.4, 0.5) is 4.79 Å². The van der Waals surface area contributed by atoms with Crippen LogP contribution in [0.1, 0.15) is 46.5 Å². The number of ether oxygens (including phenoxy) is 1. The van der Waals surface area contributed by atoms with Crippen LogP contribution in [0.3, 0.4) is 0 Å². The molecule has 1 rings (SSSR count). The van der Waals surface area contributed by atoms with E-state index in [0.29, 0.717) is 6.54 Å².